The Morgan fingerprint density at radius 1 is 0.525 bits per heavy atom. The molecule has 0 radical (unpaired) electrons. The van der Waals surface area contributed by atoms with Crippen LogP contribution >= 0.6 is 7.82 Å². The van der Waals surface area contributed by atoms with Gasteiger partial charge in [0.2, 0.25) is 0 Å². The number of allylic oxidation sites excluding steroid dienone is 2. The lowest BCUT2D eigenvalue weighted by Crippen LogP contribution is -2.64. The Morgan fingerprint density at radius 3 is 1.37 bits per heavy atom. The van der Waals surface area contributed by atoms with E-state index in [0.717, 1.165) is 51.4 Å². The molecule has 0 aromatic heterocycles. The largest absolute Gasteiger partial charge is 0.472 e. The Morgan fingerprint density at radius 2 is 0.898 bits per heavy atom. The van der Waals surface area contributed by atoms with Crippen LogP contribution in [0.4, 0.5) is 0 Å². The van der Waals surface area contributed by atoms with Crippen molar-refractivity contribution in [3.8, 4) is 0 Å². The van der Waals surface area contributed by atoms with Gasteiger partial charge in [0.15, 0.2) is 0 Å². The highest BCUT2D eigenvalue weighted by molar-refractivity contribution is 7.47. The van der Waals surface area contributed by atoms with Crippen LogP contribution in [-0.2, 0) is 27.9 Å². The number of rotatable bonds is 41. The van der Waals surface area contributed by atoms with Crippen molar-refractivity contribution >= 4 is 13.8 Å². The van der Waals surface area contributed by atoms with Crippen LogP contribution in [0, 0.1) is 0 Å². The van der Waals surface area contributed by atoms with Crippen molar-refractivity contribution in [2.24, 2.45) is 0 Å². The van der Waals surface area contributed by atoms with E-state index in [1.807, 2.05) is 0 Å². The second kappa shape index (κ2) is 37.6. The molecule has 6 atom stereocenters. The Hall–Kier alpha value is -0.920. The van der Waals surface area contributed by atoms with Crippen LogP contribution in [0.2, 0.25) is 0 Å². The van der Waals surface area contributed by atoms with Gasteiger partial charge in [-0.25, -0.2) is 4.57 Å². The maximum Gasteiger partial charge on any atom is 0.472 e. The van der Waals surface area contributed by atoms with Gasteiger partial charge in [-0.05, 0) is 38.5 Å². The number of hydrogen-bond donors (Lipinski definition) is 6. The standard InChI is InChI=1S/C46H89O12P/c1-3-5-7-9-11-13-15-17-18-19-20-21-22-23-25-27-29-31-33-35-40(47)57-39(37-55-36-34-32-30-28-26-24-16-14-12-10-8-6-4-2)38-56-59(53,54)58-46-44(51)42(49)41(48)43(50)45(46)52/h12,14,39,41-46,48-52H,3-11,13,15-38H2,1-2H3,(H,53,54)/b14-12-. The van der Waals surface area contributed by atoms with Crippen LogP contribution in [0.3, 0.4) is 0 Å². The average molecular weight is 865 g/mol. The molecule has 0 saturated heterocycles. The number of ether oxygens (including phenoxy) is 2. The van der Waals surface area contributed by atoms with Crippen molar-refractivity contribution < 1.29 is 58.3 Å². The first-order chi connectivity index (χ1) is 28.5. The molecule has 1 rings (SSSR count). The second-order valence-electron chi connectivity index (χ2n) is 17.0. The van der Waals surface area contributed by atoms with Gasteiger partial charge in [-0.15, -0.1) is 0 Å². The lowest BCUT2D eigenvalue weighted by molar-refractivity contribution is -0.220. The first kappa shape index (κ1) is 56.1. The summed E-state index contributed by atoms with van der Waals surface area (Å²) in [4.78, 5) is 23.2. The lowest BCUT2D eigenvalue weighted by Gasteiger charge is -2.41. The minimum absolute atomic E-state index is 0.0756. The van der Waals surface area contributed by atoms with E-state index in [1.165, 1.54) is 135 Å². The summed E-state index contributed by atoms with van der Waals surface area (Å²) in [6.45, 7) is 4.25. The van der Waals surface area contributed by atoms with Crippen molar-refractivity contribution in [1.29, 1.82) is 0 Å². The Balaban J connectivity index is 2.35. The van der Waals surface area contributed by atoms with Crippen molar-refractivity contribution in [2.45, 2.75) is 256 Å². The van der Waals surface area contributed by atoms with Gasteiger partial charge in [0.1, 0.15) is 42.7 Å². The van der Waals surface area contributed by atoms with Gasteiger partial charge >= 0.3 is 13.8 Å². The summed E-state index contributed by atoms with van der Waals surface area (Å²) in [5, 5.41) is 50.2. The van der Waals surface area contributed by atoms with Crippen LogP contribution in [-0.4, -0.2) is 98.9 Å². The van der Waals surface area contributed by atoms with Crippen molar-refractivity contribution in [3.05, 3.63) is 12.2 Å². The molecule has 12 nitrogen and oxygen atoms in total. The molecule has 1 aliphatic rings. The molecule has 59 heavy (non-hydrogen) atoms. The molecule has 1 fully saturated rings. The topological polar surface area (TPSA) is 192 Å². The first-order valence-electron chi connectivity index (χ1n) is 24.0. The molecule has 0 aromatic carbocycles. The van der Waals surface area contributed by atoms with Gasteiger partial charge < -0.3 is 39.9 Å². The molecule has 0 aliphatic heterocycles. The van der Waals surface area contributed by atoms with Crippen LogP contribution in [0.5, 0.6) is 0 Å². The van der Waals surface area contributed by atoms with E-state index >= 15 is 0 Å². The minimum atomic E-state index is -5.01. The number of esters is 1. The highest BCUT2D eigenvalue weighted by Crippen LogP contribution is 2.47. The van der Waals surface area contributed by atoms with Crippen molar-refractivity contribution in [3.63, 3.8) is 0 Å². The molecule has 350 valence electrons. The van der Waals surface area contributed by atoms with Gasteiger partial charge in [0, 0.05) is 13.0 Å². The third-order valence-electron chi connectivity index (χ3n) is 11.4. The average Bonchev–Trinajstić information content (AvgIpc) is 3.22. The zero-order valence-electron chi connectivity index (χ0n) is 37.3. The number of hydrogen-bond acceptors (Lipinski definition) is 11. The van der Waals surface area contributed by atoms with Crippen LogP contribution in [0.25, 0.3) is 0 Å². The summed E-state index contributed by atoms with van der Waals surface area (Å²) in [7, 11) is -5.01. The number of unbranched alkanes of at least 4 members (excludes halogenated alkanes) is 27. The van der Waals surface area contributed by atoms with Crippen LogP contribution in [0.15, 0.2) is 12.2 Å². The van der Waals surface area contributed by atoms with Crippen molar-refractivity contribution in [1.82, 2.24) is 0 Å². The number of carbonyl (C=O) groups excluding carboxylic acids is 1. The monoisotopic (exact) mass is 865 g/mol. The predicted octanol–water partition coefficient (Wildman–Crippen LogP) is 9.92. The zero-order chi connectivity index (χ0) is 43.4. The first-order valence-corrected chi connectivity index (χ1v) is 25.5. The highest BCUT2D eigenvalue weighted by Gasteiger charge is 2.51. The fourth-order valence-electron chi connectivity index (χ4n) is 7.53. The summed E-state index contributed by atoms with van der Waals surface area (Å²) < 4.78 is 34.2. The Bertz CT molecular complexity index is 1030. The van der Waals surface area contributed by atoms with E-state index in [-0.39, 0.29) is 13.0 Å². The quantitative estimate of drug-likeness (QED) is 0.0148. The third-order valence-corrected chi connectivity index (χ3v) is 12.4. The van der Waals surface area contributed by atoms with Crippen LogP contribution < -0.4 is 0 Å². The van der Waals surface area contributed by atoms with Gasteiger partial charge in [0.25, 0.3) is 0 Å². The van der Waals surface area contributed by atoms with Crippen LogP contribution in [0.1, 0.15) is 213 Å². The molecule has 0 heterocycles. The Labute approximate surface area is 358 Å². The second-order valence-corrected chi connectivity index (χ2v) is 18.4. The van der Waals surface area contributed by atoms with E-state index < -0.39 is 63.1 Å². The summed E-state index contributed by atoms with van der Waals surface area (Å²) in [6.07, 6.45) is 28.5. The zero-order valence-corrected chi connectivity index (χ0v) is 38.2. The Kier molecular flexibility index (Phi) is 35.8. The number of phosphoric acid groups is 1. The molecule has 1 saturated carbocycles. The van der Waals surface area contributed by atoms with E-state index in [9.17, 15) is 39.8 Å². The molecular weight excluding hydrogens is 775 g/mol. The number of carbonyl (C=O) groups is 1. The van der Waals surface area contributed by atoms with E-state index in [0.29, 0.717) is 13.0 Å². The number of phosphoric ester groups is 1. The normalized spacial score (nSPS) is 22.5. The van der Waals surface area contributed by atoms with Gasteiger partial charge in [-0.3, -0.25) is 13.8 Å². The SMILES string of the molecule is CCCCC/C=C\CCCCCCCCOCC(COP(=O)(O)OC1C(O)C(O)C(O)C(O)C1O)OC(=O)CCCCCCCCCCCCCCCCCCCCC. The summed E-state index contributed by atoms with van der Waals surface area (Å²) >= 11 is 0. The third kappa shape index (κ3) is 29.9. The molecule has 13 heteroatoms. The smallest absolute Gasteiger partial charge is 0.457 e. The van der Waals surface area contributed by atoms with E-state index in [2.05, 4.69) is 26.0 Å². The lowest BCUT2D eigenvalue weighted by atomic mass is 9.85. The predicted molar refractivity (Wildman–Crippen MR) is 235 cm³/mol. The number of aliphatic hydroxyl groups excluding tert-OH is 5. The maximum absolute atomic E-state index is 12.8. The van der Waals surface area contributed by atoms with Gasteiger partial charge in [0.05, 0.1) is 13.2 Å². The molecular formula is C46H89O12P. The number of aliphatic hydroxyl groups is 5. The van der Waals surface area contributed by atoms with Gasteiger partial charge in [-0.1, -0.05) is 180 Å². The summed E-state index contributed by atoms with van der Waals surface area (Å²) in [5.41, 5.74) is 0. The maximum atomic E-state index is 12.8. The molecule has 1 aliphatic carbocycles. The molecule has 0 amide bonds. The summed E-state index contributed by atoms with van der Waals surface area (Å²) in [5.74, 6) is -0.475. The van der Waals surface area contributed by atoms with Crippen molar-refractivity contribution in [2.75, 3.05) is 19.8 Å². The van der Waals surface area contributed by atoms with Gasteiger partial charge in [-0.2, -0.15) is 0 Å². The molecule has 0 bridgehead atoms. The fourth-order valence-corrected chi connectivity index (χ4v) is 8.50. The summed E-state index contributed by atoms with van der Waals surface area (Å²) in [6, 6.07) is 0. The minimum Gasteiger partial charge on any atom is -0.457 e. The molecule has 6 unspecified atom stereocenters. The molecule has 0 spiro atoms. The van der Waals surface area contributed by atoms with E-state index in [4.69, 9.17) is 18.5 Å². The molecule has 6 N–H and O–H groups in total. The molecule has 0 aromatic rings. The fraction of sp³-hybridized carbons (Fsp3) is 0.935. The van der Waals surface area contributed by atoms with E-state index in [1.54, 1.807) is 0 Å². The highest BCUT2D eigenvalue weighted by atomic mass is 31.2.